The summed E-state index contributed by atoms with van der Waals surface area (Å²) >= 11 is 0. The van der Waals surface area contributed by atoms with Gasteiger partial charge in [-0.1, -0.05) is 48.5 Å². The van der Waals surface area contributed by atoms with Crippen LogP contribution >= 0.6 is 0 Å². The van der Waals surface area contributed by atoms with Crippen molar-refractivity contribution in [2.45, 2.75) is 12.6 Å². The molecule has 0 saturated carbocycles. The fraction of sp³-hybridized carbons (Fsp3) is 0.130. The molecular weight excluding hydrogens is 395 g/mol. The van der Waals surface area contributed by atoms with Crippen LogP contribution in [0.3, 0.4) is 0 Å². The Kier molecular flexibility index (Phi) is 6.51. The van der Waals surface area contributed by atoms with Gasteiger partial charge in [0.15, 0.2) is 0 Å². The van der Waals surface area contributed by atoms with E-state index in [0.29, 0.717) is 16.9 Å². The Morgan fingerprint density at radius 3 is 2.43 bits per heavy atom. The Bertz CT molecular complexity index is 1040. The minimum Gasteiger partial charge on any atom is -0.490 e. The van der Waals surface area contributed by atoms with Crippen molar-refractivity contribution in [2.75, 3.05) is 6.61 Å². The number of rotatable bonds is 7. The number of hydrogen-bond acceptors (Lipinski definition) is 3. The number of aliphatic carboxylic acids is 1. The van der Waals surface area contributed by atoms with E-state index in [-0.39, 0.29) is 13.0 Å². The maximum Gasteiger partial charge on any atom is 0.433 e. The van der Waals surface area contributed by atoms with Gasteiger partial charge in [0.05, 0.1) is 6.42 Å². The number of nitrogens with zero attached hydrogens (tertiary/aromatic N) is 1. The number of pyridine rings is 1. The van der Waals surface area contributed by atoms with Crippen molar-refractivity contribution in [2.24, 2.45) is 0 Å². The summed E-state index contributed by atoms with van der Waals surface area (Å²) in [6.45, 7) is 0.226. The lowest BCUT2D eigenvalue weighted by molar-refractivity contribution is -0.141. The first-order chi connectivity index (χ1) is 14.3. The van der Waals surface area contributed by atoms with Crippen molar-refractivity contribution in [3.8, 4) is 16.9 Å². The van der Waals surface area contributed by atoms with Gasteiger partial charge in [-0.25, -0.2) is 0 Å². The molecule has 0 aliphatic carbocycles. The standard InChI is InChI=1S/C23H18F3NO3/c24-23(25,26)21-10-9-16(15-27-21)5-3-11-30-20-8-2-7-19(14-20)18-6-1-4-17(12-18)13-22(28)29/h1-10,12,14-15H,11,13H2,(H,28,29)/b5-3+. The van der Waals surface area contributed by atoms with Gasteiger partial charge < -0.3 is 9.84 Å². The van der Waals surface area contributed by atoms with Gasteiger partial charge in [0, 0.05) is 6.20 Å². The number of benzene rings is 2. The van der Waals surface area contributed by atoms with Crippen LogP contribution in [-0.2, 0) is 17.4 Å². The van der Waals surface area contributed by atoms with E-state index in [1.165, 1.54) is 6.07 Å². The molecule has 3 rings (SSSR count). The number of hydrogen-bond donors (Lipinski definition) is 1. The minimum atomic E-state index is -4.45. The molecule has 0 aliphatic rings. The van der Waals surface area contributed by atoms with Gasteiger partial charge in [-0.05, 0) is 46.5 Å². The SMILES string of the molecule is O=C(O)Cc1cccc(-c2cccc(OC/C=C/c3ccc(C(F)(F)F)nc3)c2)c1. The molecule has 0 fully saturated rings. The summed E-state index contributed by atoms with van der Waals surface area (Å²) in [6.07, 6.45) is -0.0297. The Hall–Kier alpha value is -3.61. The smallest absolute Gasteiger partial charge is 0.433 e. The predicted octanol–water partition coefficient (Wildman–Crippen LogP) is 5.49. The van der Waals surface area contributed by atoms with Crippen molar-refractivity contribution in [1.29, 1.82) is 0 Å². The maximum atomic E-state index is 12.5. The van der Waals surface area contributed by atoms with Crippen LogP contribution < -0.4 is 4.74 Å². The number of ether oxygens (including phenoxy) is 1. The van der Waals surface area contributed by atoms with Gasteiger partial charge in [0.1, 0.15) is 18.1 Å². The summed E-state index contributed by atoms with van der Waals surface area (Å²) < 4.78 is 43.2. The van der Waals surface area contributed by atoms with Gasteiger partial charge in [-0.3, -0.25) is 9.78 Å². The van der Waals surface area contributed by atoms with E-state index in [9.17, 15) is 18.0 Å². The van der Waals surface area contributed by atoms with E-state index in [1.54, 1.807) is 24.3 Å². The highest BCUT2D eigenvalue weighted by Crippen LogP contribution is 2.27. The summed E-state index contributed by atoms with van der Waals surface area (Å²) in [5.41, 5.74) is 2.08. The molecule has 0 aliphatic heterocycles. The Labute approximate surface area is 171 Å². The van der Waals surface area contributed by atoms with E-state index < -0.39 is 17.8 Å². The van der Waals surface area contributed by atoms with Crippen LogP contribution in [0.1, 0.15) is 16.8 Å². The summed E-state index contributed by atoms with van der Waals surface area (Å²) in [7, 11) is 0. The van der Waals surface area contributed by atoms with E-state index in [2.05, 4.69) is 4.98 Å². The summed E-state index contributed by atoms with van der Waals surface area (Å²) in [5, 5.41) is 8.94. The van der Waals surface area contributed by atoms with Crippen molar-refractivity contribution in [3.05, 3.63) is 89.8 Å². The van der Waals surface area contributed by atoms with Crippen molar-refractivity contribution >= 4 is 12.0 Å². The van der Waals surface area contributed by atoms with Crippen molar-refractivity contribution in [3.63, 3.8) is 0 Å². The molecule has 154 valence electrons. The highest BCUT2D eigenvalue weighted by Gasteiger charge is 2.31. The second-order valence-electron chi connectivity index (χ2n) is 6.49. The molecule has 0 radical (unpaired) electrons. The number of halogens is 3. The van der Waals surface area contributed by atoms with Gasteiger partial charge in [-0.15, -0.1) is 0 Å². The van der Waals surface area contributed by atoms with E-state index >= 15 is 0 Å². The van der Waals surface area contributed by atoms with Crippen LogP contribution in [-0.4, -0.2) is 22.7 Å². The third kappa shape index (κ3) is 5.94. The zero-order valence-corrected chi connectivity index (χ0v) is 15.8. The monoisotopic (exact) mass is 413 g/mol. The highest BCUT2D eigenvalue weighted by molar-refractivity contribution is 5.72. The molecule has 0 atom stereocenters. The summed E-state index contributed by atoms with van der Waals surface area (Å²) in [6, 6.07) is 16.9. The van der Waals surface area contributed by atoms with E-state index in [0.717, 1.165) is 23.4 Å². The highest BCUT2D eigenvalue weighted by atomic mass is 19.4. The topological polar surface area (TPSA) is 59.4 Å². The van der Waals surface area contributed by atoms with Crippen LogP contribution in [0.4, 0.5) is 13.2 Å². The molecule has 3 aromatic rings. The Morgan fingerprint density at radius 1 is 1.03 bits per heavy atom. The van der Waals surface area contributed by atoms with Crippen LogP contribution in [0.5, 0.6) is 5.75 Å². The predicted molar refractivity (Wildman–Crippen MR) is 107 cm³/mol. The van der Waals surface area contributed by atoms with Crippen molar-refractivity contribution in [1.82, 2.24) is 4.98 Å². The van der Waals surface area contributed by atoms with Gasteiger partial charge in [-0.2, -0.15) is 13.2 Å². The van der Waals surface area contributed by atoms with Crippen LogP contribution in [0.2, 0.25) is 0 Å². The normalized spacial score (nSPS) is 11.6. The lowest BCUT2D eigenvalue weighted by Crippen LogP contribution is -2.07. The largest absolute Gasteiger partial charge is 0.490 e. The number of carboxylic acid groups (broad SMARTS) is 1. The third-order valence-electron chi connectivity index (χ3n) is 4.18. The van der Waals surface area contributed by atoms with Gasteiger partial charge in [0.2, 0.25) is 0 Å². The zero-order valence-electron chi connectivity index (χ0n) is 15.8. The number of carbonyl (C=O) groups is 1. The average Bonchev–Trinajstić information content (AvgIpc) is 2.71. The lowest BCUT2D eigenvalue weighted by atomic mass is 10.0. The lowest BCUT2D eigenvalue weighted by Gasteiger charge is -2.08. The van der Waals surface area contributed by atoms with E-state index in [4.69, 9.17) is 9.84 Å². The second kappa shape index (κ2) is 9.26. The van der Waals surface area contributed by atoms with Crippen molar-refractivity contribution < 1.29 is 27.8 Å². The first kappa shape index (κ1) is 21.1. The molecule has 0 saturated heterocycles. The molecule has 30 heavy (non-hydrogen) atoms. The second-order valence-corrected chi connectivity index (χ2v) is 6.49. The minimum absolute atomic E-state index is 0.0480. The molecule has 0 bridgehead atoms. The first-order valence-corrected chi connectivity index (χ1v) is 9.05. The van der Waals surface area contributed by atoms with E-state index in [1.807, 2.05) is 36.4 Å². The summed E-state index contributed by atoms with van der Waals surface area (Å²) in [4.78, 5) is 14.3. The maximum absolute atomic E-state index is 12.5. The molecule has 0 spiro atoms. The Balaban J connectivity index is 1.62. The molecule has 7 heteroatoms. The summed E-state index contributed by atoms with van der Waals surface area (Å²) in [5.74, 6) is -0.273. The fourth-order valence-corrected chi connectivity index (χ4v) is 2.80. The number of alkyl halides is 3. The first-order valence-electron chi connectivity index (χ1n) is 9.05. The molecule has 2 aromatic carbocycles. The molecule has 0 unspecified atom stereocenters. The molecule has 1 N–H and O–H groups in total. The molecule has 4 nitrogen and oxygen atoms in total. The van der Waals surface area contributed by atoms with Crippen LogP contribution in [0.15, 0.2) is 72.9 Å². The number of carboxylic acids is 1. The average molecular weight is 413 g/mol. The number of aromatic nitrogens is 1. The third-order valence-corrected chi connectivity index (χ3v) is 4.18. The van der Waals surface area contributed by atoms with Gasteiger partial charge in [0.25, 0.3) is 0 Å². The molecule has 1 aromatic heterocycles. The molecular formula is C23H18F3NO3. The van der Waals surface area contributed by atoms with Crippen LogP contribution in [0.25, 0.3) is 17.2 Å². The quantitative estimate of drug-likeness (QED) is 0.557. The molecule has 0 amide bonds. The Morgan fingerprint density at radius 2 is 1.77 bits per heavy atom. The zero-order chi connectivity index (χ0) is 21.6. The fourth-order valence-electron chi connectivity index (χ4n) is 2.80. The van der Waals surface area contributed by atoms with Crippen LogP contribution in [0, 0.1) is 0 Å². The molecule has 1 heterocycles. The van der Waals surface area contributed by atoms with Gasteiger partial charge >= 0.3 is 12.1 Å².